The van der Waals surface area contributed by atoms with E-state index >= 15 is 0 Å². The summed E-state index contributed by atoms with van der Waals surface area (Å²) in [6.45, 7) is 7.50. The van der Waals surface area contributed by atoms with Gasteiger partial charge >= 0.3 is 0 Å². The molecule has 2 aliphatic rings. The van der Waals surface area contributed by atoms with Crippen molar-refractivity contribution in [1.29, 1.82) is 0 Å². The molecule has 0 saturated carbocycles. The molecular formula is C25H33N3O2S. The average Bonchev–Trinajstić information content (AvgIpc) is 3.34. The fourth-order valence-electron chi connectivity index (χ4n) is 4.51. The summed E-state index contributed by atoms with van der Waals surface area (Å²) in [6.07, 6.45) is 4.30. The Morgan fingerprint density at radius 2 is 1.77 bits per heavy atom. The molecule has 2 amide bonds. The van der Waals surface area contributed by atoms with Gasteiger partial charge in [0.2, 0.25) is 5.91 Å². The molecule has 1 N–H and O–H groups in total. The first-order chi connectivity index (χ1) is 15.1. The Kier molecular flexibility index (Phi) is 7.41. The number of hydrogen-bond acceptors (Lipinski definition) is 4. The molecule has 4 rings (SSSR count). The Balaban J connectivity index is 1.24. The molecule has 0 spiro atoms. The molecule has 31 heavy (non-hydrogen) atoms. The minimum atomic E-state index is -0.126. The van der Waals surface area contributed by atoms with E-state index < -0.39 is 0 Å². The molecule has 0 radical (unpaired) electrons. The fourth-order valence-corrected chi connectivity index (χ4v) is 5.20. The monoisotopic (exact) mass is 439 g/mol. The van der Waals surface area contributed by atoms with Crippen LogP contribution in [0.2, 0.25) is 0 Å². The van der Waals surface area contributed by atoms with Gasteiger partial charge in [-0.05, 0) is 67.3 Å². The van der Waals surface area contributed by atoms with Crippen LogP contribution in [-0.4, -0.2) is 47.8 Å². The smallest absolute Gasteiger partial charge is 0.263 e. The Morgan fingerprint density at radius 1 is 1.03 bits per heavy atom. The number of thiophene rings is 1. The second kappa shape index (κ2) is 10.4. The number of carbonyl (C=O) groups excluding carboxylic acids is 2. The summed E-state index contributed by atoms with van der Waals surface area (Å²) < 4.78 is 0. The molecule has 5 nitrogen and oxygen atoms in total. The molecule has 1 atom stereocenters. The highest BCUT2D eigenvalue weighted by Gasteiger charge is 2.29. The molecular weight excluding hydrogens is 406 g/mol. The van der Waals surface area contributed by atoms with Crippen molar-refractivity contribution in [2.45, 2.75) is 45.7 Å². The number of benzene rings is 1. The maximum absolute atomic E-state index is 12.7. The van der Waals surface area contributed by atoms with E-state index in [4.69, 9.17) is 0 Å². The van der Waals surface area contributed by atoms with Crippen molar-refractivity contribution in [3.63, 3.8) is 0 Å². The van der Waals surface area contributed by atoms with Crippen LogP contribution in [0.5, 0.6) is 0 Å². The van der Waals surface area contributed by atoms with Gasteiger partial charge in [-0.1, -0.05) is 37.3 Å². The van der Waals surface area contributed by atoms with Gasteiger partial charge in [-0.15, -0.1) is 11.3 Å². The molecule has 2 aliphatic heterocycles. The standard InChI is InChI=1S/C25H33N3O2S/c1-19-10-13-27(14-11-19)17-21-8-6-20(7-9-21)16-26-24(29)22-4-2-12-28(18-22)25(30)23-5-3-15-31-23/h3,5-9,15,19,22H,2,4,10-14,16-18H2,1H3,(H,26,29). The lowest BCUT2D eigenvalue weighted by Gasteiger charge is -2.31. The van der Waals surface area contributed by atoms with Gasteiger partial charge in [-0.3, -0.25) is 14.5 Å². The van der Waals surface area contributed by atoms with Crippen molar-refractivity contribution >= 4 is 23.2 Å². The molecule has 3 heterocycles. The maximum Gasteiger partial charge on any atom is 0.263 e. The van der Waals surface area contributed by atoms with Gasteiger partial charge in [-0.25, -0.2) is 0 Å². The van der Waals surface area contributed by atoms with Crippen molar-refractivity contribution < 1.29 is 9.59 Å². The molecule has 2 aromatic rings. The third-order valence-electron chi connectivity index (χ3n) is 6.58. The SMILES string of the molecule is CC1CCN(Cc2ccc(CNC(=O)C3CCCN(C(=O)c4cccs4)C3)cc2)CC1. The summed E-state index contributed by atoms with van der Waals surface area (Å²) in [4.78, 5) is 30.4. The average molecular weight is 440 g/mol. The summed E-state index contributed by atoms with van der Waals surface area (Å²) >= 11 is 1.46. The number of likely N-dealkylation sites (tertiary alicyclic amines) is 2. The molecule has 2 saturated heterocycles. The number of nitrogens with zero attached hydrogens (tertiary/aromatic N) is 2. The van der Waals surface area contributed by atoms with Crippen molar-refractivity contribution in [3.8, 4) is 0 Å². The molecule has 1 aromatic heterocycles. The number of piperidine rings is 2. The highest BCUT2D eigenvalue weighted by molar-refractivity contribution is 7.12. The van der Waals surface area contributed by atoms with Crippen molar-refractivity contribution in [2.24, 2.45) is 11.8 Å². The second-order valence-electron chi connectivity index (χ2n) is 9.06. The van der Waals surface area contributed by atoms with Gasteiger partial charge in [0.25, 0.3) is 5.91 Å². The Hall–Kier alpha value is -2.18. The van der Waals surface area contributed by atoms with Gasteiger partial charge < -0.3 is 10.2 Å². The van der Waals surface area contributed by atoms with Crippen LogP contribution in [0.25, 0.3) is 0 Å². The molecule has 1 unspecified atom stereocenters. The van der Waals surface area contributed by atoms with E-state index in [0.717, 1.165) is 42.3 Å². The number of carbonyl (C=O) groups is 2. The lowest BCUT2D eigenvalue weighted by atomic mass is 9.96. The molecule has 2 fully saturated rings. The molecule has 0 aliphatic carbocycles. The van der Waals surface area contributed by atoms with Crippen molar-refractivity contribution in [1.82, 2.24) is 15.1 Å². The molecule has 1 aromatic carbocycles. The van der Waals surface area contributed by atoms with Crippen molar-refractivity contribution in [2.75, 3.05) is 26.2 Å². The van der Waals surface area contributed by atoms with Crippen LogP contribution in [0.3, 0.4) is 0 Å². The molecule has 166 valence electrons. The number of amides is 2. The van der Waals surface area contributed by atoms with Gasteiger partial charge in [0, 0.05) is 26.2 Å². The lowest BCUT2D eigenvalue weighted by molar-refractivity contribution is -0.126. The lowest BCUT2D eigenvalue weighted by Crippen LogP contribution is -2.45. The zero-order chi connectivity index (χ0) is 21.6. The maximum atomic E-state index is 12.7. The zero-order valence-corrected chi connectivity index (χ0v) is 19.2. The minimum Gasteiger partial charge on any atom is -0.352 e. The second-order valence-corrected chi connectivity index (χ2v) is 10.0. The van der Waals surface area contributed by atoms with Crippen LogP contribution >= 0.6 is 11.3 Å². The Morgan fingerprint density at radius 3 is 2.48 bits per heavy atom. The highest BCUT2D eigenvalue weighted by atomic mass is 32.1. The van der Waals surface area contributed by atoms with Crippen LogP contribution in [-0.2, 0) is 17.9 Å². The summed E-state index contributed by atoms with van der Waals surface area (Å²) in [5.74, 6) is 0.826. The van der Waals surface area contributed by atoms with Gasteiger partial charge in [-0.2, -0.15) is 0 Å². The van der Waals surface area contributed by atoms with Gasteiger partial charge in [0.15, 0.2) is 0 Å². The summed E-state index contributed by atoms with van der Waals surface area (Å²) in [6, 6.07) is 12.4. The van der Waals surface area contributed by atoms with E-state index in [9.17, 15) is 9.59 Å². The first-order valence-electron chi connectivity index (χ1n) is 11.5. The molecule has 0 bridgehead atoms. The van der Waals surface area contributed by atoms with Crippen LogP contribution in [0.1, 0.15) is 53.4 Å². The zero-order valence-electron chi connectivity index (χ0n) is 18.4. The van der Waals surface area contributed by atoms with Gasteiger partial charge in [0.05, 0.1) is 10.8 Å². The summed E-state index contributed by atoms with van der Waals surface area (Å²) in [5.41, 5.74) is 2.45. The summed E-state index contributed by atoms with van der Waals surface area (Å²) in [5, 5.41) is 5.00. The van der Waals surface area contributed by atoms with E-state index in [1.807, 2.05) is 22.4 Å². The third kappa shape index (κ3) is 5.95. The minimum absolute atomic E-state index is 0.0475. The van der Waals surface area contributed by atoms with E-state index in [1.165, 1.54) is 42.8 Å². The highest BCUT2D eigenvalue weighted by Crippen LogP contribution is 2.21. The summed E-state index contributed by atoms with van der Waals surface area (Å²) in [7, 11) is 0. The largest absolute Gasteiger partial charge is 0.352 e. The normalized spacial score (nSPS) is 20.5. The van der Waals surface area contributed by atoms with Crippen LogP contribution in [0.15, 0.2) is 41.8 Å². The topological polar surface area (TPSA) is 52.7 Å². The van der Waals surface area contributed by atoms with Crippen LogP contribution in [0, 0.1) is 11.8 Å². The fraction of sp³-hybridized carbons (Fsp3) is 0.520. The quantitative estimate of drug-likeness (QED) is 0.736. The Labute approximate surface area is 189 Å². The first-order valence-corrected chi connectivity index (χ1v) is 12.4. The first kappa shape index (κ1) is 22.0. The number of nitrogens with one attached hydrogen (secondary N) is 1. The van der Waals surface area contributed by atoms with E-state index in [-0.39, 0.29) is 17.7 Å². The van der Waals surface area contributed by atoms with E-state index in [2.05, 4.69) is 41.4 Å². The van der Waals surface area contributed by atoms with E-state index in [0.29, 0.717) is 13.1 Å². The Bertz CT molecular complexity index is 857. The predicted octanol–water partition coefficient (Wildman–Crippen LogP) is 4.15. The predicted molar refractivity (Wildman–Crippen MR) is 125 cm³/mol. The van der Waals surface area contributed by atoms with E-state index in [1.54, 1.807) is 0 Å². The van der Waals surface area contributed by atoms with Crippen molar-refractivity contribution in [3.05, 3.63) is 57.8 Å². The number of hydrogen-bond donors (Lipinski definition) is 1. The molecule has 6 heteroatoms. The third-order valence-corrected chi connectivity index (χ3v) is 7.44. The van der Waals surface area contributed by atoms with Gasteiger partial charge in [0.1, 0.15) is 0 Å². The van der Waals surface area contributed by atoms with Crippen LogP contribution in [0.4, 0.5) is 0 Å². The van der Waals surface area contributed by atoms with Crippen LogP contribution < -0.4 is 5.32 Å². The number of rotatable bonds is 6.